The van der Waals surface area contributed by atoms with Crippen LogP contribution >= 0.6 is 12.2 Å². The van der Waals surface area contributed by atoms with Gasteiger partial charge in [0.05, 0.1) is 5.56 Å². The van der Waals surface area contributed by atoms with E-state index in [2.05, 4.69) is 5.32 Å². The van der Waals surface area contributed by atoms with Crippen LogP contribution in [0.5, 0.6) is 0 Å². The molecule has 0 aliphatic rings. The van der Waals surface area contributed by atoms with E-state index < -0.39 is 11.7 Å². The molecule has 20 heavy (non-hydrogen) atoms. The van der Waals surface area contributed by atoms with Crippen molar-refractivity contribution in [3.8, 4) is 0 Å². The second-order valence-electron chi connectivity index (χ2n) is 4.40. The summed E-state index contributed by atoms with van der Waals surface area (Å²) in [6.07, 6.45) is -4.36. The van der Waals surface area contributed by atoms with Crippen molar-refractivity contribution >= 4 is 22.9 Å². The van der Waals surface area contributed by atoms with Gasteiger partial charge in [-0.3, -0.25) is 0 Å². The van der Waals surface area contributed by atoms with E-state index in [1.165, 1.54) is 6.07 Å². The summed E-state index contributed by atoms with van der Waals surface area (Å²) in [5, 5.41) is 2.82. The molecular formula is C15H12F3NS. The number of hydrogen-bond donors (Lipinski definition) is 1. The zero-order valence-electron chi connectivity index (χ0n) is 10.7. The van der Waals surface area contributed by atoms with Gasteiger partial charge in [0.15, 0.2) is 0 Å². The predicted octanol–water partition coefficient (Wildman–Crippen LogP) is 4.80. The van der Waals surface area contributed by atoms with Crippen LogP contribution in [0.15, 0.2) is 48.5 Å². The highest BCUT2D eigenvalue weighted by atomic mass is 32.1. The molecule has 0 unspecified atom stereocenters. The Bertz CT molecular complexity index is 618. The Kier molecular flexibility index (Phi) is 4.09. The molecule has 0 atom stereocenters. The third-order valence-corrected chi connectivity index (χ3v) is 3.10. The number of hydrogen-bond acceptors (Lipinski definition) is 1. The van der Waals surface area contributed by atoms with Gasteiger partial charge in [0, 0.05) is 11.3 Å². The Balaban J connectivity index is 2.18. The van der Waals surface area contributed by atoms with Crippen LogP contribution in [0.3, 0.4) is 0 Å². The van der Waals surface area contributed by atoms with Crippen molar-refractivity contribution < 1.29 is 13.2 Å². The van der Waals surface area contributed by atoms with Crippen LogP contribution in [0.1, 0.15) is 16.7 Å². The van der Waals surface area contributed by atoms with Crippen LogP contribution in [-0.4, -0.2) is 4.99 Å². The summed E-state index contributed by atoms with van der Waals surface area (Å²) in [5.74, 6) is 0. The lowest BCUT2D eigenvalue weighted by Gasteiger charge is -2.11. The fraction of sp³-hybridized carbons (Fsp3) is 0.133. The highest BCUT2D eigenvalue weighted by molar-refractivity contribution is 7.81. The summed E-state index contributed by atoms with van der Waals surface area (Å²) in [6, 6.07) is 12.4. The lowest BCUT2D eigenvalue weighted by Crippen LogP contribution is -2.12. The van der Waals surface area contributed by atoms with Crippen molar-refractivity contribution in [3.63, 3.8) is 0 Å². The number of nitrogens with one attached hydrogen (secondary N) is 1. The van der Waals surface area contributed by atoms with E-state index in [1.54, 1.807) is 6.07 Å². The van der Waals surface area contributed by atoms with E-state index >= 15 is 0 Å². The van der Waals surface area contributed by atoms with E-state index in [0.29, 0.717) is 10.7 Å². The standard InChI is InChI=1S/C15H12F3NS/c1-10-5-7-11(8-6-10)14(20)19-13-4-2-3-12(9-13)15(16,17)18/h2-9H,1H3,(H,19,20). The van der Waals surface area contributed by atoms with Gasteiger partial charge in [-0.05, 0) is 25.1 Å². The third-order valence-electron chi connectivity index (χ3n) is 2.76. The van der Waals surface area contributed by atoms with Crippen LogP contribution in [0.4, 0.5) is 18.9 Å². The molecule has 0 aliphatic heterocycles. The molecule has 0 aliphatic carbocycles. The summed E-state index contributed by atoms with van der Waals surface area (Å²) < 4.78 is 37.8. The minimum absolute atomic E-state index is 0.324. The quantitative estimate of drug-likeness (QED) is 0.799. The number of thiocarbonyl (C=S) groups is 1. The highest BCUT2D eigenvalue weighted by Crippen LogP contribution is 2.30. The molecule has 0 amide bonds. The highest BCUT2D eigenvalue weighted by Gasteiger charge is 2.30. The Morgan fingerprint density at radius 2 is 1.70 bits per heavy atom. The first-order valence-corrected chi connectivity index (χ1v) is 6.32. The van der Waals surface area contributed by atoms with Gasteiger partial charge in [0.25, 0.3) is 0 Å². The second kappa shape index (κ2) is 5.63. The molecule has 2 aromatic rings. The lowest BCUT2D eigenvalue weighted by atomic mass is 10.1. The Hall–Kier alpha value is -1.88. The Labute approximate surface area is 120 Å². The maximum absolute atomic E-state index is 12.6. The van der Waals surface area contributed by atoms with E-state index in [1.807, 2.05) is 31.2 Å². The molecule has 104 valence electrons. The zero-order valence-corrected chi connectivity index (χ0v) is 11.5. The van der Waals surface area contributed by atoms with Gasteiger partial charge in [-0.15, -0.1) is 0 Å². The van der Waals surface area contributed by atoms with E-state index in [0.717, 1.165) is 23.3 Å². The average molecular weight is 295 g/mol. The summed E-state index contributed by atoms with van der Waals surface area (Å²) in [7, 11) is 0. The van der Waals surface area contributed by atoms with E-state index in [9.17, 15) is 13.2 Å². The Morgan fingerprint density at radius 1 is 1.05 bits per heavy atom. The van der Waals surface area contributed by atoms with E-state index in [4.69, 9.17) is 12.2 Å². The minimum Gasteiger partial charge on any atom is -0.346 e. The molecule has 0 fully saturated rings. The first kappa shape index (κ1) is 14.5. The van der Waals surface area contributed by atoms with Crippen molar-refractivity contribution in [1.82, 2.24) is 0 Å². The van der Waals surface area contributed by atoms with Crippen LogP contribution in [0, 0.1) is 6.92 Å². The number of anilines is 1. The van der Waals surface area contributed by atoms with Gasteiger partial charge in [0.1, 0.15) is 4.99 Å². The number of alkyl halides is 3. The molecule has 0 spiro atoms. The average Bonchev–Trinajstić information content (AvgIpc) is 2.38. The number of halogens is 3. The normalized spacial score (nSPS) is 11.2. The van der Waals surface area contributed by atoms with E-state index in [-0.39, 0.29) is 0 Å². The second-order valence-corrected chi connectivity index (χ2v) is 4.81. The van der Waals surface area contributed by atoms with Crippen molar-refractivity contribution in [2.45, 2.75) is 13.1 Å². The van der Waals surface area contributed by atoms with Crippen LogP contribution < -0.4 is 5.32 Å². The molecule has 2 rings (SSSR count). The molecule has 0 aromatic heterocycles. The van der Waals surface area contributed by atoms with Crippen LogP contribution in [-0.2, 0) is 6.18 Å². The first-order chi connectivity index (χ1) is 9.36. The molecule has 1 nitrogen and oxygen atoms in total. The monoisotopic (exact) mass is 295 g/mol. The molecule has 0 radical (unpaired) electrons. The molecule has 0 saturated heterocycles. The molecule has 0 heterocycles. The van der Waals surface area contributed by atoms with Crippen molar-refractivity contribution in [2.24, 2.45) is 0 Å². The Morgan fingerprint density at radius 3 is 2.30 bits per heavy atom. The largest absolute Gasteiger partial charge is 0.416 e. The number of aryl methyl sites for hydroxylation is 1. The summed E-state index contributed by atoms with van der Waals surface area (Å²) in [4.78, 5) is 0.393. The van der Waals surface area contributed by atoms with Gasteiger partial charge in [-0.1, -0.05) is 48.1 Å². The van der Waals surface area contributed by atoms with Crippen molar-refractivity contribution in [1.29, 1.82) is 0 Å². The van der Waals surface area contributed by atoms with Crippen molar-refractivity contribution in [3.05, 3.63) is 65.2 Å². The fourth-order valence-corrected chi connectivity index (χ4v) is 1.94. The van der Waals surface area contributed by atoms with Crippen LogP contribution in [0.25, 0.3) is 0 Å². The molecule has 2 aromatic carbocycles. The fourth-order valence-electron chi connectivity index (χ4n) is 1.68. The van der Waals surface area contributed by atoms with Gasteiger partial charge >= 0.3 is 6.18 Å². The zero-order chi connectivity index (χ0) is 14.8. The third kappa shape index (κ3) is 3.57. The SMILES string of the molecule is Cc1ccc(C(=S)Nc2cccc(C(F)(F)F)c2)cc1. The summed E-state index contributed by atoms with van der Waals surface area (Å²) >= 11 is 5.19. The maximum Gasteiger partial charge on any atom is 0.416 e. The first-order valence-electron chi connectivity index (χ1n) is 5.91. The smallest absolute Gasteiger partial charge is 0.346 e. The maximum atomic E-state index is 12.6. The molecule has 0 saturated carbocycles. The predicted molar refractivity (Wildman–Crippen MR) is 77.9 cm³/mol. The molecule has 1 N–H and O–H groups in total. The number of rotatable bonds is 2. The molecular weight excluding hydrogens is 283 g/mol. The van der Waals surface area contributed by atoms with Gasteiger partial charge < -0.3 is 5.32 Å². The van der Waals surface area contributed by atoms with Crippen molar-refractivity contribution in [2.75, 3.05) is 5.32 Å². The summed E-state index contributed by atoms with van der Waals surface area (Å²) in [6.45, 7) is 1.95. The van der Waals surface area contributed by atoms with Crippen LogP contribution in [0.2, 0.25) is 0 Å². The molecule has 5 heteroatoms. The van der Waals surface area contributed by atoms with Gasteiger partial charge in [-0.25, -0.2) is 0 Å². The minimum atomic E-state index is -4.36. The molecule has 0 bridgehead atoms. The van der Waals surface area contributed by atoms with Gasteiger partial charge in [-0.2, -0.15) is 13.2 Å². The lowest BCUT2D eigenvalue weighted by molar-refractivity contribution is -0.137. The van der Waals surface area contributed by atoms with Gasteiger partial charge in [0.2, 0.25) is 0 Å². The summed E-state index contributed by atoms with van der Waals surface area (Å²) in [5.41, 5.74) is 1.48. The topological polar surface area (TPSA) is 12.0 Å². The number of benzene rings is 2.